The molecular formula is C17H24N4O3. The molecule has 2 fully saturated rings. The highest BCUT2D eigenvalue weighted by Crippen LogP contribution is 2.26. The van der Waals surface area contributed by atoms with Crippen molar-refractivity contribution in [2.24, 2.45) is 0 Å². The average Bonchev–Trinajstić information content (AvgIpc) is 2.91. The number of aryl methyl sites for hydroxylation is 1. The summed E-state index contributed by atoms with van der Waals surface area (Å²) in [5.41, 5.74) is 3.02. The number of hydrogen-bond acceptors (Lipinski definition) is 5. The number of amides is 3. The molecule has 1 unspecified atom stereocenters. The number of imide groups is 1. The predicted molar refractivity (Wildman–Crippen MR) is 91.1 cm³/mol. The number of urea groups is 1. The van der Waals surface area contributed by atoms with Crippen LogP contribution in [0.25, 0.3) is 0 Å². The van der Waals surface area contributed by atoms with E-state index in [4.69, 9.17) is 4.74 Å². The maximum absolute atomic E-state index is 11.8. The van der Waals surface area contributed by atoms with E-state index in [1.165, 1.54) is 0 Å². The van der Waals surface area contributed by atoms with Gasteiger partial charge in [0, 0.05) is 45.5 Å². The molecule has 0 aromatic heterocycles. The van der Waals surface area contributed by atoms with Crippen molar-refractivity contribution in [3.05, 3.63) is 29.3 Å². The van der Waals surface area contributed by atoms with E-state index >= 15 is 0 Å². The molecule has 2 aliphatic heterocycles. The lowest BCUT2D eigenvalue weighted by Gasteiger charge is -2.36. The van der Waals surface area contributed by atoms with Gasteiger partial charge in [0.25, 0.3) is 5.91 Å². The minimum Gasteiger partial charge on any atom is -0.383 e. The van der Waals surface area contributed by atoms with Gasteiger partial charge in [-0.1, -0.05) is 6.07 Å². The van der Waals surface area contributed by atoms with Crippen molar-refractivity contribution in [1.82, 2.24) is 15.5 Å². The van der Waals surface area contributed by atoms with Gasteiger partial charge >= 0.3 is 6.03 Å². The Hall–Kier alpha value is -2.12. The molecule has 1 atom stereocenters. The Labute approximate surface area is 141 Å². The standard InChI is InChI=1S/C17H24N4O3/c1-12-11-13(21-7-5-20(6-8-21)9-10-24-2)3-4-14(12)15-16(22)19-17(23)18-15/h3-4,11,15H,5-10H2,1-2H3,(H2,18,19,22,23). The number of rotatable bonds is 5. The Morgan fingerprint density at radius 2 is 1.96 bits per heavy atom. The average molecular weight is 332 g/mol. The monoisotopic (exact) mass is 332 g/mol. The molecule has 0 bridgehead atoms. The molecule has 3 rings (SSSR count). The fraction of sp³-hybridized carbons (Fsp3) is 0.529. The fourth-order valence-corrected chi connectivity index (χ4v) is 3.27. The van der Waals surface area contributed by atoms with Crippen molar-refractivity contribution < 1.29 is 14.3 Å². The lowest BCUT2D eigenvalue weighted by atomic mass is 10.00. The maximum atomic E-state index is 11.8. The van der Waals surface area contributed by atoms with Gasteiger partial charge in [-0.2, -0.15) is 0 Å². The molecular weight excluding hydrogens is 308 g/mol. The Bertz CT molecular complexity index is 626. The zero-order chi connectivity index (χ0) is 17.1. The first kappa shape index (κ1) is 16.7. The van der Waals surface area contributed by atoms with Crippen LogP contribution in [0.5, 0.6) is 0 Å². The molecule has 130 valence electrons. The largest absolute Gasteiger partial charge is 0.383 e. The summed E-state index contributed by atoms with van der Waals surface area (Å²) >= 11 is 0. The number of anilines is 1. The summed E-state index contributed by atoms with van der Waals surface area (Å²) < 4.78 is 5.13. The number of nitrogens with zero attached hydrogens (tertiary/aromatic N) is 2. The van der Waals surface area contributed by atoms with Gasteiger partial charge in [0.15, 0.2) is 0 Å². The van der Waals surface area contributed by atoms with Gasteiger partial charge in [-0.3, -0.25) is 15.0 Å². The molecule has 7 nitrogen and oxygen atoms in total. The second kappa shape index (κ2) is 7.19. The second-order valence-corrected chi connectivity index (χ2v) is 6.26. The van der Waals surface area contributed by atoms with Crippen LogP contribution in [0.15, 0.2) is 18.2 Å². The van der Waals surface area contributed by atoms with Gasteiger partial charge in [0.2, 0.25) is 0 Å². The Morgan fingerprint density at radius 1 is 1.21 bits per heavy atom. The first-order valence-corrected chi connectivity index (χ1v) is 8.26. The number of nitrogens with one attached hydrogen (secondary N) is 2. The SMILES string of the molecule is COCCN1CCN(c2ccc(C3NC(=O)NC3=O)c(C)c2)CC1. The smallest absolute Gasteiger partial charge is 0.322 e. The van der Waals surface area contributed by atoms with Crippen LogP contribution < -0.4 is 15.5 Å². The highest BCUT2D eigenvalue weighted by Gasteiger charge is 2.32. The molecule has 24 heavy (non-hydrogen) atoms. The third kappa shape index (κ3) is 3.52. The van der Waals surface area contributed by atoms with Gasteiger partial charge < -0.3 is 15.0 Å². The number of methoxy groups -OCH3 is 1. The molecule has 2 saturated heterocycles. The van der Waals surface area contributed by atoms with Crippen LogP contribution in [0.3, 0.4) is 0 Å². The first-order valence-electron chi connectivity index (χ1n) is 8.26. The number of carbonyl (C=O) groups excluding carboxylic acids is 2. The van der Waals surface area contributed by atoms with Crippen molar-refractivity contribution in [3.8, 4) is 0 Å². The Balaban J connectivity index is 1.65. The van der Waals surface area contributed by atoms with Gasteiger partial charge in [-0.15, -0.1) is 0 Å². The van der Waals surface area contributed by atoms with Crippen LogP contribution in [0.1, 0.15) is 17.2 Å². The molecule has 0 spiro atoms. The zero-order valence-electron chi connectivity index (χ0n) is 14.2. The highest BCUT2D eigenvalue weighted by molar-refractivity contribution is 6.04. The summed E-state index contributed by atoms with van der Waals surface area (Å²) in [7, 11) is 1.73. The third-order valence-electron chi connectivity index (χ3n) is 4.69. The highest BCUT2D eigenvalue weighted by atomic mass is 16.5. The lowest BCUT2D eigenvalue weighted by molar-refractivity contribution is -0.120. The van der Waals surface area contributed by atoms with Crippen LogP contribution >= 0.6 is 0 Å². The molecule has 0 saturated carbocycles. The van der Waals surface area contributed by atoms with E-state index < -0.39 is 12.1 Å². The van der Waals surface area contributed by atoms with E-state index in [9.17, 15) is 9.59 Å². The summed E-state index contributed by atoms with van der Waals surface area (Å²) in [5, 5.41) is 4.93. The summed E-state index contributed by atoms with van der Waals surface area (Å²) in [6.07, 6.45) is 0. The van der Waals surface area contributed by atoms with E-state index in [0.717, 1.165) is 56.1 Å². The van der Waals surface area contributed by atoms with E-state index in [2.05, 4.69) is 26.5 Å². The molecule has 7 heteroatoms. The Morgan fingerprint density at radius 3 is 2.54 bits per heavy atom. The van der Waals surface area contributed by atoms with Crippen molar-refractivity contribution in [2.45, 2.75) is 13.0 Å². The number of ether oxygens (including phenoxy) is 1. The molecule has 0 radical (unpaired) electrons. The van der Waals surface area contributed by atoms with E-state index in [0.29, 0.717) is 0 Å². The molecule has 2 heterocycles. The van der Waals surface area contributed by atoms with E-state index in [1.54, 1.807) is 7.11 Å². The quantitative estimate of drug-likeness (QED) is 0.774. The van der Waals surface area contributed by atoms with E-state index in [-0.39, 0.29) is 5.91 Å². The fourth-order valence-electron chi connectivity index (χ4n) is 3.27. The van der Waals surface area contributed by atoms with Crippen LogP contribution in [0, 0.1) is 6.92 Å². The lowest BCUT2D eigenvalue weighted by Crippen LogP contribution is -2.47. The van der Waals surface area contributed by atoms with Crippen LogP contribution in [0.4, 0.5) is 10.5 Å². The van der Waals surface area contributed by atoms with Crippen LogP contribution in [0.2, 0.25) is 0 Å². The summed E-state index contributed by atoms with van der Waals surface area (Å²) in [5.74, 6) is -0.289. The van der Waals surface area contributed by atoms with Gasteiger partial charge in [-0.05, 0) is 30.2 Å². The number of carbonyl (C=O) groups is 2. The van der Waals surface area contributed by atoms with Crippen molar-refractivity contribution in [2.75, 3.05) is 51.3 Å². The summed E-state index contributed by atoms with van der Waals surface area (Å²) in [6, 6.07) is 5.05. The first-order chi connectivity index (χ1) is 11.6. The number of piperazine rings is 1. The number of benzene rings is 1. The molecule has 1 aromatic carbocycles. The zero-order valence-corrected chi connectivity index (χ0v) is 14.2. The Kier molecular flexibility index (Phi) is 5.01. The normalized spacial score (nSPS) is 21.8. The second-order valence-electron chi connectivity index (χ2n) is 6.26. The van der Waals surface area contributed by atoms with Crippen LogP contribution in [-0.2, 0) is 9.53 Å². The maximum Gasteiger partial charge on any atom is 0.322 e. The minimum absolute atomic E-state index is 0.289. The van der Waals surface area contributed by atoms with Gasteiger partial charge in [0.1, 0.15) is 6.04 Å². The predicted octanol–water partition coefficient (Wildman–Crippen LogP) is 0.644. The van der Waals surface area contributed by atoms with Gasteiger partial charge in [0.05, 0.1) is 6.61 Å². The topological polar surface area (TPSA) is 73.9 Å². The van der Waals surface area contributed by atoms with Gasteiger partial charge in [-0.25, -0.2) is 4.79 Å². The van der Waals surface area contributed by atoms with Crippen LogP contribution in [-0.4, -0.2) is 63.3 Å². The molecule has 3 amide bonds. The van der Waals surface area contributed by atoms with Crippen molar-refractivity contribution in [3.63, 3.8) is 0 Å². The molecule has 0 aliphatic carbocycles. The van der Waals surface area contributed by atoms with Crippen molar-refractivity contribution >= 4 is 17.6 Å². The molecule has 2 aliphatic rings. The summed E-state index contributed by atoms with van der Waals surface area (Å²) in [6.45, 7) is 7.70. The molecule has 1 aromatic rings. The molecule has 2 N–H and O–H groups in total. The summed E-state index contributed by atoms with van der Waals surface area (Å²) in [4.78, 5) is 27.9. The third-order valence-corrected chi connectivity index (χ3v) is 4.69. The van der Waals surface area contributed by atoms with Crippen molar-refractivity contribution in [1.29, 1.82) is 0 Å². The van der Waals surface area contributed by atoms with E-state index in [1.807, 2.05) is 19.1 Å². The number of hydrogen-bond donors (Lipinski definition) is 2. The minimum atomic E-state index is -0.586.